The summed E-state index contributed by atoms with van der Waals surface area (Å²) < 4.78 is 41.5. The third kappa shape index (κ3) is 6.90. The van der Waals surface area contributed by atoms with E-state index in [0.29, 0.717) is 41.4 Å². The summed E-state index contributed by atoms with van der Waals surface area (Å²) in [6.07, 6.45) is 0.523. The van der Waals surface area contributed by atoms with E-state index >= 15 is 4.39 Å². The van der Waals surface area contributed by atoms with Crippen molar-refractivity contribution in [1.82, 2.24) is 30.1 Å². The number of hydrogen-bond donors (Lipinski definition) is 1. The number of hydrogen-bond acceptors (Lipinski definition) is 7. The number of ether oxygens (including phenoxy) is 2. The number of nitrogens with one attached hydrogen (secondary N) is 1. The molecule has 6 aromatic rings. The van der Waals surface area contributed by atoms with Crippen LogP contribution in [-0.2, 0) is 19.5 Å². The minimum absolute atomic E-state index is 0.152. The minimum atomic E-state index is -0.793. The Morgan fingerprint density at radius 2 is 1.66 bits per heavy atom. The highest BCUT2D eigenvalue weighted by atomic mass is 19.1. The molecule has 0 saturated heterocycles. The van der Waals surface area contributed by atoms with Crippen LogP contribution in [0.15, 0.2) is 95.8 Å². The van der Waals surface area contributed by atoms with E-state index in [0.717, 1.165) is 27.6 Å². The number of tetrazole rings is 1. The molecule has 0 radical (unpaired) electrons. The zero-order valence-electron chi connectivity index (χ0n) is 26.3. The van der Waals surface area contributed by atoms with Gasteiger partial charge < -0.3 is 14.5 Å². The highest BCUT2D eigenvalue weighted by Gasteiger charge is 2.31. The molecule has 2 aromatic heterocycles. The summed E-state index contributed by atoms with van der Waals surface area (Å²) in [6, 6.07) is 25.2. The van der Waals surface area contributed by atoms with E-state index in [1.54, 1.807) is 49.2 Å². The largest absolute Gasteiger partial charge is 0.493 e. The quantitative estimate of drug-likeness (QED) is 0.176. The van der Waals surface area contributed by atoms with Gasteiger partial charge in [0, 0.05) is 24.2 Å². The number of fused-ring (bicyclic) bond motifs is 1. The molecule has 0 bridgehead atoms. The fraction of sp³-hybridized carbons (Fsp3) is 0.222. The fourth-order valence-electron chi connectivity index (χ4n) is 5.84. The molecule has 6 rings (SSSR count). The van der Waals surface area contributed by atoms with Gasteiger partial charge in [0.1, 0.15) is 17.7 Å². The number of aromatic amines is 1. The Morgan fingerprint density at radius 1 is 0.894 bits per heavy atom. The fourth-order valence-corrected chi connectivity index (χ4v) is 5.84. The lowest BCUT2D eigenvalue weighted by atomic mass is 10.00. The summed E-state index contributed by atoms with van der Waals surface area (Å²) in [7, 11) is 3.16. The number of benzene rings is 4. The van der Waals surface area contributed by atoms with Crippen molar-refractivity contribution in [2.24, 2.45) is 0 Å². The van der Waals surface area contributed by atoms with Gasteiger partial charge in [0.25, 0.3) is 5.56 Å². The van der Waals surface area contributed by atoms with Gasteiger partial charge in [-0.3, -0.25) is 9.69 Å². The molecule has 11 heteroatoms. The summed E-state index contributed by atoms with van der Waals surface area (Å²) in [6.45, 7) is 2.71. The van der Waals surface area contributed by atoms with E-state index in [4.69, 9.17) is 9.47 Å². The lowest BCUT2D eigenvalue weighted by Crippen LogP contribution is -2.36. The number of rotatable bonds is 12. The molecule has 0 saturated carbocycles. The van der Waals surface area contributed by atoms with Gasteiger partial charge in [-0.2, -0.15) is 0 Å². The number of pyridine rings is 1. The lowest BCUT2D eigenvalue weighted by molar-refractivity contribution is 0.203. The summed E-state index contributed by atoms with van der Waals surface area (Å²) in [4.78, 5) is 19.1. The van der Waals surface area contributed by atoms with Crippen LogP contribution in [0.1, 0.15) is 39.7 Å². The third-order valence-corrected chi connectivity index (χ3v) is 8.29. The molecule has 240 valence electrons. The highest BCUT2D eigenvalue weighted by molar-refractivity contribution is 5.82. The summed E-state index contributed by atoms with van der Waals surface area (Å²) in [5.74, 6) is 0.863. The first kappa shape index (κ1) is 31.6. The SMILES string of the molecule is COc1ccc(CCN(Cc2ccccc2F)[C@H](c2cc3cccc(C)c3[nH]c2=O)c2nnnn2Cc2ccc(F)cc2)cc1OC. The molecule has 47 heavy (non-hydrogen) atoms. The predicted molar refractivity (Wildman–Crippen MR) is 175 cm³/mol. The molecule has 0 aliphatic heterocycles. The van der Waals surface area contributed by atoms with Gasteiger partial charge in [-0.15, -0.1) is 5.10 Å². The second-order valence-corrected chi connectivity index (χ2v) is 11.3. The van der Waals surface area contributed by atoms with E-state index < -0.39 is 6.04 Å². The van der Waals surface area contributed by atoms with Crippen molar-refractivity contribution in [2.45, 2.75) is 32.5 Å². The zero-order valence-corrected chi connectivity index (χ0v) is 26.3. The lowest BCUT2D eigenvalue weighted by Gasteiger charge is -2.31. The average Bonchev–Trinajstić information content (AvgIpc) is 3.53. The Bertz CT molecular complexity index is 2060. The molecule has 1 N–H and O–H groups in total. The second kappa shape index (κ2) is 13.9. The molecule has 0 amide bonds. The van der Waals surface area contributed by atoms with Gasteiger partial charge in [0.05, 0.1) is 26.3 Å². The molecule has 1 atom stereocenters. The van der Waals surface area contributed by atoms with Crippen molar-refractivity contribution in [1.29, 1.82) is 0 Å². The van der Waals surface area contributed by atoms with Crippen molar-refractivity contribution >= 4 is 10.9 Å². The number of halogens is 2. The van der Waals surface area contributed by atoms with E-state index in [9.17, 15) is 9.18 Å². The molecule has 0 aliphatic rings. The monoisotopic (exact) mass is 636 g/mol. The Balaban J connectivity index is 1.49. The van der Waals surface area contributed by atoms with E-state index in [2.05, 4.69) is 20.5 Å². The Morgan fingerprint density at radius 3 is 2.43 bits per heavy atom. The number of nitrogens with zero attached hydrogens (tertiary/aromatic N) is 5. The van der Waals surface area contributed by atoms with Crippen LogP contribution in [0, 0.1) is 18.6 Å². The maximum atomic E-state index is 15.2. The van der Waals surface area contributed by atoms with E-state index in [1.807, 2.05) is 54.3 Å². The van der Waals surface area contributed by atoms with Crippen LogP contribution in [-0.4, -0.2) is 50.9 Å². The van der Waals surface area contributed by atoms with E-state index in [-0.39, 0.29) is 30.3 Å². The van der Waals surface area contributed by atoms with E-state index in [1.165, 1.54) is 18.2 Å². The standard InChI is InChI=1S/C36H34F2N6O3/c1-23-7-6-9-26-20-29(36(45)39-33(23)26)34(35-40-41-42-44(35)21-25-11-14-28(37)15-12-25)43(22-27-8-4-5-10-30(27)38)18-17-24-13-16-31(46-2)32(19-24)47-3/h4-16,19-20,34H,17-18,21-22H2,1-3H3,(H,39,45)/t34-/m1/s1. The van der Waals surface area contributed by atoms with Crippen molar-refractivity contribution in [3.63, 3.8) is 0 Å². The highest BCUT2D eigenvalue weighted by Crippen LogP contribution is 2.32. The van der Waals surface area contributed by atoms with Gasteiger partial charge in [-0.25, -0.2) is 13.5 Å². The number of H-pyrrole nitrogens is 1. The van der Waals surface area contributed by atoms with Crippen LogP contribution >= 0.6 is 0 Å². The zero-order chi connectivity index (χ0) is 32.9. The van der Waals surface area contributed by atoms with Crippen molar-refractivity contribution in [3.8, 4) is 11.5 Å². The van der Waals surface area contributed by atoms with Gasteiger partial charge in [0.15, 0.2) is 17.3 Å². The molecule has 0 fully saturated rings. The average molecular weight is 637 g/mol. The Kier molecular flexibility index (Phi) is 9.35. The van der Waals surface area contributed by atoms with Gasteiger partial charge in [-0.1, -0.05) is 54.6 Å². The molecule has 0 spiro atoms. The predicted octanol–water partition coefficient (Wildman–Crippen LogP) is 6.00. The molecule has 2 heterocycles. The van der Waals surface area contributed by atoms with Crippen LogP contribution in [0.5, 0.6) is 11.5 Å². The molecule has 0 unspecified atom stereocenters. The smallest absolute Gasteiger partial charge is 0.253 e. The topological polar surface area (TPSA) is 98.2 Å². The van der Waals surface area contributed by atoms with Gasteiger partial charge in [0.2, 0.25) is 0 Å². The van der Waals surface area contributed by atoms with Crippen LogP contribution in [0.25, 0.3) is 10.9 Å². The summed E-state index contributed by atoms with van der Waals surface area (Å²) in [5, 5.41) is 13.6. The normalized spacial score (nSPS) is 12.0. The number of methoxy groups -OCH3 is 2. The summed E-state index contributed by atoms with van der Waals surface area (Å²) >= 11 is 0. The number of para-hydroxylation sites is 1. The first-order chi connectivity index (χ1) is 22.8. The maximum Gasteiger partial charge on any atom is 0.253 e. The van der Waals surface area contributed by atoms with Crippen molar-refractivity contribution < 1.29 is 18.3 Å². The van der Waals surface area contributed by atoms with Crippen LogP contribution in [0.4, 0.5) is 8.78 Å². The van der Waals surface area contributed by atoms with Gasteiger partial charge in [-0.05, 0) is 82.2 Å². The molecular weight excluding hydrogens is 602 g/mol. The van der Waals surface area contributed by atoms with Crippen LogP contribution in [0.2, 0.25) is 0 Å². The first-order valence-electron chi connectivity index (χ1n) is 15.2. The van der Waals surface area contributed by atoms with Crippen molar-refractivity contribution in [2.75, 3.05) is 20.8 Å². The molecule has 9 nitrogen and oxygen atoms in total. The number of aromatic nitrogens is 5. The Hall–Kier alpha value is -5.42. The van der Waals surface area contributed by atoms with Crippen LogP contribution < -0.4 is 15.0 Å². The molecule has 0 aliphatic carbocycles. The maximum absolute atomic E-state index is 15.2. The van der Waals surface area contributed by atoms with Gasteiger partial charge >= 0.3 is 0 Å². The minimum Gasteiger partial charge on any atom is -0.493 e. The Labute approximate surface area is 270 Å². The van der Waals surface area contributed by atoms with Crippen LogP contribution in [0.3, 0.4) is 0 Å². The summed E-state index contributed by atoms with van der Waals surface area (Å²) in [5.41, 5.74) is 3.94. The second-order valence-electron chi connectivity index (χ2n) is 11.3. The third-order valence-electron chi connectivity index (χ3n) is 8.29. The molecule has 4 aromatic carbocycles. The molecular formula is C36H34F2N6O3. The van der Waals surface area contributed by atoms with Crippen molar-refractivity contribution in [3.05, 3.63) is 147 Å². The number of aryl methyl sites for hydroxylation is 1. The first-order valence-corrected chi connectivity index (χ1v) is 15.2.